The Morgan fingerprint density at radius 3 is 2.27 bits per heavy atom. The molecule has 3 heteroatoms. The van der Waals surface area contributed by atoms with Gasteiger partial charge in [0.15, 0.2) is 6.10 Å². The second kappa shape index (κ2) is 4.97. The molecule has 0 aromatic carbocycles. The molecule has 1 aliphatic rings. The monoisotopic (exact) mass is 214 g/mol. The van der Waals surface area contributed by atoms with E-state index in [0.717, 1.165) is 6.54 Å². The molecule has 1 saturated heterocycles. The Morgan fingerprint density at radius 1 is 1.33 bits per heavy atom. The van der Waals surface area contributed by atoms with Gasteiger partial charge in [-0.15, -0.1) is 0 Å². The van der Waals surface area contributed by atoms with Gasteiger partial charge in [-0.2, -0.15) is 0 Å². The standard InChI is InChI=1S/C12H23NO2/c1-10(14)15-11(12(2,3)4)9-13-7-5-6-8-13/h11H,5-9H2,1-4H3/p+1/t11-/m1/s1. The van der Waals surface area contributed by atoms with Crippen molar-refractivity contribution in [3.05, 3.63) is 0 Å². The smallest absolute Gasteiger partial charge is 0.303 e. The van der Waals surface area contributed by atoms with E-state index in [2.05, 4.69) is 20.8 Å². The van der Waals surface area contributed by atoms with Crippen molar-refractivity contribution in [2.45, 2.75) is 46.6 Å². The van der Waals surface area contributed by atoms with Gasteiger partial charge in [-0.1, -0.05) is 20.8 Å². The number of hydrogen-bond donors (Lipinski definition) is 1. The predicted molar refractivity (Wildman–Crippen MR) is 59.8 cm³/mol. The maximum Gasteiger partial charge on any atom is 0.303 e. The highest BCUT2D eigenvalue weighted by Crippen LogP contribution is 2.21. The molecule has 15 heavy (non-hydrogen) atoms. The van der Waals surface area contributed by atoms with Crippen LogP contribution in [-0.4, -0.2) is 31.7 Å². The average molecular weight is 214 g/mol. The molecule has 0 saturated carbocycles. The van der Waals surface area contributed by atoms with Gasteiger partial charge in [-0.05, 0) is 0 Å². The highest BCUT2D eigenvalue weighted by atomic mass is 16.5. The first-order chi connectivity index (χ1) is 6.89. The molecule has 0 amide bonds. The Kier molecular flexibility index (Phi) is 4.14. The van der Waals surface area contributed by atoms with Gasteiger partial charge < -0.3 is 9.64 Å². The summed E-state index contributed by atoms with van der Waals surface area (Å²) in [6.07, 6.45) is 2.67. The lowest BCUT2D eigenvalue weighted by atomic mass is 9.88. The van der Waals surface area contributed by atoms with Gasteiger partial charge in [0.25, 0.3) is 0 Å². The van der Waals surface area contributed by atoms with Gasteiger partial charge in [-0.3, -0.25) is 4.79 Å². The lowest BCUT2D eigenvalue weighted by Gasteiger charge is -2.31. The summed E-state index contributed by atoms with van der Waals surface area (Å²) in [4.78, 5) is 12.6. The molecule has 1 atom stereocenters. The molecule has 1 N–H and O–H groups in total. The topological polar surface area (TPSA) is 30.7 Å². The van der Waals surface area contributed by atoms with E-state index in [1.165, 1.54) is 32.9 Å². The van der Waals surface area contributed by atoms with E-state index in [1.807, 2.05) is 0 Å². The molecule has 1 fully saturated rings. The highest BCUT2D eigenvalue weighted by molar-refractivity contribution is 5.66. The van der Waals surface area contributed by atoms with E-state index in [9.17, 15) is 4.79 Å². The van der Waals surface area contributed by atoms with Gasteiger partial charge in [0.1, 0.15) is 6.54 Å². The molecule has 88 valence electrons. The quantitative estimate of drug-likeness (QED) is 0.699. The van der Waals surface area contributed by atoms with Crippen LogP contribution in [0.5, 0.6) is 0 Å². The predicted octanol–water partition coefficient (Wildman–Crippen LogP) is 0.643. The Balaban J connectivity index is 2.51. The minimum atomic E-state index is -0.159. The number of carbonyl (C=O) groups is 1. The molecule has 1 rings (SSSR count). The van der Waals surface area contributed by atoms with Crippen molar-refractivity contribution in [3.8, 4) is 0 Å². The normalized spacial score (nSPS) is 20.3. The van der Waals surface area contributed by atoms with Crippen LogP contribution in [0.3, 0.4) is 0 Å². The fourth-order valence-electron chi connectivity index (χ4n) is 2.07. The molecule has 0 spiro atoms. The van der Waals surface area contributed by atoms with Gasteiger partial charge in [0.05, 0.1) is 13.1 Å². The molecule has 0 bridgehead atoms. The van der Waals surface area contributed by atoms with Crippen LogP contribution in [0.15, 0.2) is 0 Å². The van der Waals surface area contributed by atoms with E-state index in [0.29, 0.717) is 0 Å². The molecule has 0 unspecified atom stereocenters. The van der Waals surface area contributed by atoms with Crippen LogP contribution in [-0.2, 0) is 9.53 Å². The van der Waals surface area contributed by atoms with Crippen molar-refractivity contribution in [2.75, 3.05) is 19.6 Å². The first kappa shape index (κ1) is 12.5. The minimum Gasteiger partial charge on any atom is -0.456 e. The molecular formula is C12H24NO2+. The number of esters is 1. The van der Waals surface area contributed by atoms with Gasteiger partial charge in [0.2, 0.25) is 0 Å². The summed E-state index contributed by atoms with van der Waals surface area (Å²) in [5.74, 6) is -0.159. The van der Waals surface area contributed by atoms with E-state index in [4.69, 9.17) is 4.74 Å². The fourth-order valence-corrected chi connectivity index (χ4v) is 2.07. The fraction of sp³-hybridized carbons (Fsp3) is 0.917. The largest absolute Gasteiger partial charge is 0.456 e. The van der Waals surface area contributed by atoms with Gasteiger partial charge in [-0.25, -0.2) is 0 Å². The molecule has 0 aliphatic carbocycles. The molecule has 0 aromatic rings. The molecule has 0 aromatic heterocycles. The Bertz CT molecular complexity index is 214. The van der Waals surface area contributed by atoms with E-state index in [-0.39, 0.29) is 17.5 Å². The summed E-state index contributed by atoms with van der Waals surface area (Å²) in [7, 11) is 0. The maximum atomic E-state index is 11.0. The second-order valence-electron chi connectivity index (χ2n) is 5.63. The second-order valence-corrected chi connectivity index (χ2v) is 5.63. The summed E-state index contributed by atoms with van der Waals surface area (Å²) in [6.45, 7) is 11.3. The Hall–Kier alpha value is -0.570. The summed E-state index contributed by atoms with van der Waals surface area (Å²) in [5.41, 5.74) is 0.0429. The number of rotatable bonds is 3. The minimum absolute atomic E-state index is 0.0429. The maximum absolute atomic E-state index is 11.0. The lowest BCUT2D eigenvalue weighted by molar-refractivity contribution is -0.891. The number of likely N-dealkylation sites (tertiary alicyclic amines) is 1. The molecular weight excluding hydrogens is 190 g/mol. The summed E-state index contributed by atoms with van der Waals surface area (Å²) in [5, 5.41) is 0. The molecule has 1 heterocycles. The zero-order chi connectivity index (χ0) is 11.5. The van der Waals surface area contributed by atoms with Crippen LogP contribution in [0, 0.1) is 5.41 Å². The number of carbonyl (C=O) groups excluding carboxylic acids is 1. The molecule has 0 radical (unpaired) electrons. The number of nitrogens with one attached hydrogen (secondary N) is 1. The van der Waals surface area contributed by atoms with Crippen molar-refractivity contribution in [1.29, 1.82) is 0 Å². The summed E-state index contributed by atoms with van der Waals surface area (Å²) < 4.78 is 5.42. The van der Waals surface area contributed by atoms with Crippen LogP contribution in [0.1, 0.15) is 40.5 Å². The van der Waals surface area contributed by atoms with Crippen LogP contribution in [0.2, 0.25) is 0 Å². The first-order valence-corrected chi connectivity index (χ1v) is 5.90. The van der Waals surface area contributed by atoms with Crippen LogP contribution >= 0.6 is 0 Å². The van der Waals surface area contributed by atoms with Gasteiger partial charge >= 0.3 is 5.97 Å². The molecule has 1 aliphatic heterocycles. The Morgan fingerprint density at radius 2 is 1.87 bits per heavy atom. The highest BCUT2D eigenvalue weighted by Gasteiger charge is 2.32. The summed E-state index contributed by atoms with van der Waals surface area (Å²) >= 11 is 0. The van der Waals surface area contributed by atoms with E-state index in [1.54, 1.807) is 4.90 Å². The number of ether oxygens (including phenoxy) is 1. The van der Waals surface area contributed by atoms with Crippen LogP contribution in [0.25, 0.3) is 0 Å². The van der Waals surface area contributed by atoms with Crippen LogP contribution in [0.4, 0.5) is 0 Å². The third-order valence-corrected chi connectivity index (χ3v) is 3.06. The Labute approximate surface area is 92.8 Å². The average Bonchev–Trinajstić information content (AvgIpc) is 2.53. The SMILES string of the molecule is CC(=O)O[C@H](C[NH+]1CCCC1)C(C)(C)C. The van der Waals surface area contributed by atoms with E-state index < -0.39 is 0 Å². The zero-order valence-electron chi connectivity index (χ0n) is 10.4. The zero-order valence-corrected chi connectivity index (χ0v) is 10.4. The molecule has 3 nitrogen and oxygen atoms in total. The summed E-state index contributed by atoms with van der Waals surface area (Å²) in [6, 6.07) is 0. The van der Waals surface area contributed by atoms with Crippen molar-refractivity contribution < 1.29 is 14.4 Å². The third-order valence-electron chi connectivity index (χ3n) is 3.06. The van der Waals surface area contributed by atoms with Crippen molar-refractivity contribution in [2.24, 2.45) is 5.41 Å². The number of quaternary nitrogens is 1. The lowest BCUT2D eigenvalue weighted by Crippen LogP contribution is -3.11. The van der Waals surface area contributed by atoms with Crippen molar-refractivity contribution in [3.63, 3.8) is 0 Å². The van der Waals surface area contributed by atoms with Crippen molar-refractivity contribution in [1.82, 2.24) is 0 Å². The third kappa shape index (κ3) is 4.20. The first-order valence-electron chi connectivity index (χ1n) is 5.90. The van der Waals surface area contributed by atoms with Crippen molar-refractivity contribution >= 4 is 5.97 Å². The number of hydrogen-bond acceptors (Lipinski definition) is 2. The van der Waals surface area contributed by atoms with E-state index >= 15 is 0 Å². The van der Waals surface area contributed by atoms with Gasteiger partial charge in [0, 0.05) is 25.2 Å². The van der Waals surface area contributed by atoms with Crippen LogP contribution < -0.4 is 4.90 Å².